The number of hydrogen-bond donors (Lipinski definition) is 1. The summed E-state index contributed by atoms with van der Waals surface area (Å²) < 4.78 is 0. The van der Waals surface area contributed by atoms with Gasteiger partial charge < -0.3 is 5.11 Å². The molecule has 2 nitrogen and oxygen atoms in total. The molecular formula is C13H15NO. The molecule has 0 saturated heterocycles. The predicted octanol–water partition coefficient (Wildman–Crippen LogP) is 2.90. The zero-order valence-electron chi connectivity index (χ0n) is 9.28. The SMILES string of the molecule is Cc1cc(C)c2cccc(C(C)O)c2n1. The molecule has 0 bridgehead atoms. The zero-order chi connectivity index (χ0) is 11.0. The van der Waals surface area contributed by atoms with Crippen molar-refractivity contribution in [2.75, 3.05) is 0 Å². The maximum atomic E-state index is 9.66. The van der Waals surface area contributed by atoms with Gasteiger partial charge in [-0.1, -0.05) is 18.2 Å². The van der Waals surface area contributed by atoms with E-state index >= 15 is 0 Å². The van der Waals surface area contributed by atoms with Gasteiger partial charge in [-0.15, -0.1) is 0 Å². The molecule has 2 aromatic rings. The second kappa shape index (κ2) is 3.63. The topological polar surface area (TPSA) is 33.1 Å². The molecule has 1 heterocycles. The average Bonchev–Trinajstić information content (AvgIpc) is 2.16. The van der Waals surface area contributed by atoms with Gasteiger partial charge in [0, 0.05) is 16.6 Å². The third-order valence-corrected chi connectivity index (χ3v) is 2.66. The van der Waals surface area contributed by atoms with Crippen LogP contribution in [0.1, 0.15) is 29.8 Å². The van der Waals surface area contributed by atoms with Crippen LogP contribution in [0.15, 0.2) is 24.3 Å². The highest BCUT2D eigenvalue weighted by molar-refractivity contribution is 5.85. The molecular weight excluding hydrogens is 186 g/mol. The highest BCUT2D eigenvalue weighted by atomic mass is 16.3. The predicted molar refractivity (Wildman–Crippen MR) is 61.9 cm³/mol. The summed E-state index contributed by atoms with van der Waals surface area (Å²) in [6.45, 7) is 5.82. The lowest BCUT2D eigenvalue weighted by Crippen LogP contribution is -1.96. The molecule has 1 unspecified atom stereocenters. The molecule has 0 amide bonds. The van der Waals surface area contributed by atoms with E-state index < -0.39 is 6.10 Å². The monoisotopic (exact) mass is 201 g/mol. The molecule has 1 N–H and O–H groups in total. The molecule has 1 aromatic heterocycles. The van der Waals surface area contributed by atoms with Crippen LogP contribution in [-0.4, -0.2) is 10.1 Å². The van der Waals surface area contributed by atoms with Crippen molar-refractivity contribution in [3.05, 3.63) is 41.1 Å². The van der Waals surface area contributed by atoms with E-state index in [0.29, 0.717) is 0 Å². The van der Waals surface area contributed by atoms with E-state index in [2.05, 4.69) is 18.0 Å². The van der Waals surface area contributed by atoms with E-state index in [1.54, 1.807) is 6.92 Å². The first-order valence-electron chi connectivity index (χ1n) is 5.14. The number of nitrogens with zero attached hydrogens (tertiary/aromatic N) is 1. The van der Waals surface area contributed by atoms with Crippen LogP contribution in [-0.2, 0) is 0 Å². The first-order chi connectivity index (χ1) is 7.09. The first kappa shape index (κ1) is 10.1. The smallest absolute Gasteiger partial charge is 0.0783 e. The summed E-state index contributed by atoms with van der Waals surface area (Å²) in [7, 11) is 0. The van der Waals surface area contributed by atoms with E-state index in [-0.39, 0.29) is 0 Å². The summed E-state index contributed by atoms with van der Waals surface area (Å²) in [6, 6.07) is 8.00. The van der Waals surface area contributed by atoms with Gasteiger partial charge >= 0.3 is 0 Å². The van der Waals surface area contributed by atoms with Crippen molar-refractivity contribution in [3.63, 3.8) is 0 Å². The van der Waals surface area contributed by atoms with Gasteiger partial charge in [-0.2, -0.15) is 0 Å². The van der Waals surface area contributed by atoms with Gasteiger partial charge in [0.15, 0.2) is 0 Å². The van der Waals surface area contributed by atoms with Crippen LogP contribution in [0.3, 0.4) is 0 Å². The van der Waals surface area contributed by atoms with Crippen LogP contribution < -0.4 is 0 Å². The summed E-state index contributed by atoms with van der Waals surface area (Å²) in [4.78, 5) is 4.50. The van der Waals surface area contributed by atoms with Gasteiger partial charge in [0.25, 0.3) is 0 Å². The molecule has 0 aliphatic heterocycles. The van der Waals surface area contributed by atoms with Crippen molar-refractivity contribution in [2.24, 2.45) is 0 Å². The number of hydrogen-bond acceptors (Lipinski definition) is 2. The molecule has 2 rings (SSSR count). The number of fused-ring (bicyclic) bond motifs is 1. The summed E-state index contributed by atoms with van der Waals surface area (Å²) in [5, 5.41) is 10.8. The number of aliphatic hydroxyl groups excluding tert-OH is 1. The lowest BCUT2D eigenvalue weighted by Gasteiger charge is -2.10. The Morgan fingerprint density at radius 3 is 2.67 bits per heavy atom. The molecule has 0 saturated carbocycles. The second-order valence-corrected chi connectivity index (χ2v) is 4.00. The van der Waals surface area contributed by atoms with Gasteiger partial charge in [-0.3, -0.25) is 4.98 Å². The Morgan fingerprint density at radius 2 is 2.00 bits per heavy atom. The summed E-state index contributed by atoms with van der Waals surface area (Å²) >= 11 is 0. The highest BCUT2D eigenvalue weighted by Crippen LogP contribution is 2.25. The molecule has 0 spiro atoms. The standard InChI is InChI=1S/C13H15NO/c1-8-7-9(2)14-13-11(8)5-4-6-12(13)10(3)15/h4-7,10,15H,1-3H3. The van der Waals surface area contributed by atoms with Crippen molar-refractivity contribution >= 4 is 10.9 Å². The quantitative estimate of drug-likeness (QED) is 0.769. The number of aliphatic hydroxyl groups is 1. The number of para-hydroxylation sites is 1. The maximum absolute atomic E-state index is 9.66. The van der Waals surface area contributed by atoms with Crippen molar-refractivity contribution in [1.82, 2.24) is 4.98 Å². The van der Waals surface area contributed by atoms with Gasteiger partial charge in [0.05, 0.1) is 11.6 Å². The Morgan fingerprint density at radius 1 is 1.27 bits per heavy atom. The molecule has 15 heavy (non-hydrogen) atoms. The maximum Gasteiger partial charge on any atom is 0.0783 e. The number of rotatable bonds is 1. The minimum atomic E-state index is -0.470. The van der Waals surface area contributed by atoms with Gasteiger partial charge in [-0.25, -0.2) is 0 Å². The number of aromatic nitrogens is 1. The lowest BCUT2D eigenvalue weighted by atomic mass is 10.0. The Hall–Kier alpha value is -1.41. The Balaban J connectivity index is 2.85. The minimum absolute atomic E-state index is 0.470. The third kappa shape index (κ3) is 1.73. The third-order valence-electron chi connectivity index (χ3n) is 2.66. The van der Waals surface area contributed by atoms with Gasteiger partial charge in [-0.05, 0) is 32.4 Å². The van der Waals surface area contributed by atoms with E-state index in [1.165, 1.54) is 5.56 Å². The Labute approximate surface area is 89.6 Å². The van der Waals surface area contributed by atoms with Crippen LogP contribution in [0.5, 0.6) is 0 Å². The van der Waals surface area contributed by atoms with Crippen LogP contribution >= 0.6 is 0 Å². The van der Waals surface area contributed by atoms with Crippen LogP contribution in [0.4, 0.5) is 0 Å². The average molecular weight is 201 g/mol. The van der Waals surface area contributed by atoms with Gasteiger partial charge in [0.2, 0.25) is 0 Å². The molecule has 78 valence electrons. The number of aryl methyl sites for hydroxylation is 2. The van der Waals surface area contributed by atoms with E-state index in [9.17, 15) is 5.11 Å². The first-order valence-corrected chi connectivity index (χ1v) is 5.14. The van der Waals surface area contributed by atoms with Crippen LogP contribution in [0.25, 0.3) is 10.9 Å². The second-order valence-electron chi connectivity index (χ2n) is 4.00. The van der Waals surface area contributed by atoms with Crippen molar-refractivity contribution in [3.8, 4) is 0 Å². The molecule has 0 fully saturated rings. The number of benzene rings is 1. The molecule has 1 aromatic carbocycles. The van der Waals surface area contributed by atoms with E-state index in [4.69, 9.17) is 0 Å². The summed E-state index contributed by atoms with van der Waals surface area (Å²) in [5.74, 6) is 0. The fourth-order valence-electron chi connectivity index (χ4n) is 1.94. The van der Waals surface area contributed by atoms with Crippen molar-refractivity contribution in [2.45, 2.75) is 26.9 Å². The van der Waals surface area contributed by atoms with Crippen molar-refractivity contribution < 1.29 is 5.11 Å². The highest BCUT2D eigenvalue weighted by Gasteiger charge is 2.08. The Kier molecular flexibility index (Phi) is 2.45. The normalized spacial score (nSPS) is 13.1. The van der Waals surface area contributed by atoms with E-state index in [1.807, 2.05) is 25.1 Å². The Bertz CT molecular complexity index is 503. The molecule has 0 aliphatic rings. The summed E-state index contributed by atoms with van der Waals surface area (Å²) in [5.41, 5.74) is 4.03. The fraction of sp³-hybridized carbons (Fsp3) is 0.308. The van der Waals surface area contributed by atoms with Crippen LogP contribution in [0.2, 0.25) is 0 Å². The summed E-state index contributed by atoms with van der Waals surface area (Å²) in [6.07, 6.45) is -0.470. The van der Waals surface area contributed by atoms with Gasteiger partial charge in [0.1, 0.15) is 0 Å². The largest absolute Gasteiger partial charge is 0.389 e. The van der Waals surface area contributed by atoms with Crippen LogP contribution in [0, 0.1) is 13.8 Å². The minimum Gasteiger partial charge on any atom is -0.389 e. The van der Waals surface area contributed by atoms with E-state index in [0.717, 1.165) is 22.2 Å². The lowest BCUT2D eigenvalue weighted by molar-refractivity contribution is 0.200. The number of pyridine rings is 1. The molecule has 1 atom stereocenters. The molecule has 2 heteroatoms. The molecule has 0 aliphatic carbocycles. The fourth-order valence-corrected chi connectivity index (χ4v) is 1.94. The van der Waals surface area contributed by atoms with Crippen molar-refractivity contribution in [1.29, 1.82) is 0 Å². The molecule has 0 radical (unpaired) electrons. The zero-order valence-corrected chi connectivity index (χ0v) is 9.28.